The number of nitrogen functional groups attached to an aromatic ring is 1. The van der Waals surface area contributed by atoms with Crippen LogP contribution in [-0.4, -0.2) is 4.98 Å². The Kier molecular flexibility index (Phi) is 1.84. The predicted octanol–water partition coefficient (Wildman–Crippen LogP) is 3.13. The minimum absolute atomic E-state index is 0.792. The molecule has 0 spiro atoms. The maximum Gasteiger partial charge on any atom is 0.0693 e. The van der Waals surface area contributed by atoms with Gasteiger partial charge in [0.1, 0.15) is 0 Å². The number of H-pyrrole nitrogens is 1. The standard InChI is InChI=1S/C10H11BrN2/c1-5-6(2)13-10-8(5)3-7(11)4-9(10)12/h3-4,13H,12H2,1-2H3. The van der Waals surface area contributed by atoms with E-state index in [1.807, 2.05) is 6.07 Å². The largest absolute Gasteiger partial charge is 0.397 e. The van der Waals surface area contributed by atoms with E-state index in [9.17, 15) is 0 Å². The lowest BCUT2D eigenvalue weighted by atomic mass is 10.1. The van der Waals surface area contributed by atoms with Crippen LogP contribution in [0.25, 0.3) is 10.9 Å². The summed E-state index contributed by atoms with van der Waals surface area (Å²) < 4.78 is 1.03. The average Bonchev–Trinajstić information content (AvgIpc) is 2.32. The molecule has 0 saturated heterocycles. The smallest absolute Gasteiger partial charge is 0.0693 e. The summed E-state index contributed by atoms with van der Waals surface area (Å²) in [5.74, 6) is 0. The predicted molar refractivity (Wildman–Crippen MR) is 59.9 cm³/mol. The van der Waals surface area contributed by atoms with Crippen molar-refractivity contribution in [3.63, 3.8) is 0 Å². The fourth-order valence-corrected chi connectivity index (χ4v) is 2.02. The summed E-state index contributed by atoms with van der Waals surface area (Å²) in [5.41, 5.74) is 10.2. The Hall–Kier alpha value is -0.960. The molecule has 1 heterocycles. The molecular weight excluding hydrogens is 228 g/mol. The zero-order chi connectivity index (χ0) is 9.59. The Labute approximate surface area is 85.3 Å². The highest BCUT2D eigenvalue weighted by Gasteiger charge is 2.07. The van der Waals surface area contributed by atoms with Crippen molar-refractivity contribution in [3.05, 3.63) is 27.9 Å². The first-order valence-electron chi connectivity index (χ1n) is 4.13. The lowest BCUT2D eigenvalue weighted by molar-refractivity contribution is 1.25. The Bertz CT molecular complexity index is 471. The maximum atomic E-state index is 5.88. The number of hydrogen-bond acceptors (Lipinski definition) is 1. The van der Waals surface area contributed by atoms with Gasteiger partial charge in [-0.1, -0.05) is 15.9 Å². The SMILES string of the molecule is Cc1[nH]c2c(N)cc(Br)cc2c1C. The number of fused-ring (bicyclic) bond motifs is 1. The van der Waals surface area contributed by atoms with Crippen molar-refractivity contribution < 1.29 is 0 Å². The molecule has 2 rings (SSSR count). The second kappa shape index (κ2) is 2.77. The fourth-order valence-electron chi connectivity index (χ4n) is 1.55. The summed E-state index contributed by atoms with van der Waals surface area (Å²) in [4.78, 5) is 3.28. The minimum atomic E-state index is 0.792. The van der Waals surface area contributed by atoms with Crippen molar-refractivity contribution in [3.8, 4) is 0 Å². The van der Waals surface area contributed by atoms with Crippen LogP contribution in [-0.2, 0) is 0 Å². The van der Waals surface area contributed by atoms with Gasteiger partial charge in [-0.15, -0.1) is 0 Å². The van der Waals surface area contributed by atoms with Gasteiger partial charge in [0.2, 0.25) is 0 Å². The molecule has 68 valence electrons. The molecule has 0 atom stereocenters. The topological polar surface area (TPSA) is 41.8 Å². The lowest BCUT2D eigenvalue weighted by Gasteiger charge is -1.97. The highest BCUT2D eigenvalue weighted by molar-refractivity contribution is 9.10. The van der Waals surface area contributed by atoms with Gasteiger partial charge in [0.25, 0.3) is 0 Å². The Morgan fingerprint density at radius 2 is 2.00 bits per heavy atom. The third-order valence-electron chi connectivity index (χ3n) is 2.41. The summed E-state index contributed by atoms with van der Waals surface area (Å²) in [6.07, 6.45) is 0. The van der Waals surface area contributed by atoms with Gasteiger partial charge in [-0.05, 0) is 31.5 Å². The summed E-state index contributed by atoms with van der Waals surface area (Å²) >= 11 is 3.43. The lowest BCUT2D eigenvalue weighted by Crippen LogP contribution is -1.86. The number of aromatic nitrogens is 1. The molecule has 0 bridgehead atoms. The van der Waals surface area contributed by atoms with Gasteiger partial charge in [0.15, 0.2) is 0 Å². The number of aryl methyl sites for hydroxylation is 2. The first-order valence-corrected chi connectivity index (χ1v) is 4.93. The molecule has 3 heteroatoms. The second-order valence-electron chi connectivity index (χ2n) is 3.29. The number of rotatable bonds is 0. The second-order valence-corrected chi connectivity index (χ2v) is 4.21. The Balaban J connectivity index is 2.94. The average molecular weight is 239 g/mol. The van der Waals surface area contributed by atoms with Crippen molar-refractivity contribution >= 4 is 32.5 Å². The van der Waals surface area contributed by atoms with Crippen molar-refractivity contribution in [2.75, 3.05) is 5.73 Å². The van der Waals surface area contributed by atoms with Crippen LogP contribution in [0.4, 0.5) is 5.69 Å². The van der Waals surface area contributed by atoms with E-state index >= 15 is 0 Å². The zero-order valence-corrected chi connectivity index (χ0v) is 9.20. The highest BCUT2D eigenvalue weighted by Crippen LogP contribution is 2.29. The van der Waals surface area contributed by atoms with Crippen molar-refractivity contribution in [1.82, 2.24) is 4.98 Å². The molecule has 2 aromatic rings. The van der Waals surface area contributed by atoms with Crippen LogP contribution < -0.4 is 5.73 Å². The molecule has 0 unspecified atom stereocenters. The first-order chi connectivity index (χ1) is 6.09. The van der Waals surface area contributed by atoms with E-state index in [2.05, 4.69) is 40.8 Å². The van der Waals surface area contributed by atoms with E-state index < -0.39 is 0 Å². The molecule has 0 radical (unpaired) electrons. The van der Waals surface area contributed by atoms with Gasteiger partial charge in [-0.3, -0.25) is 0 Å². The van der Waals surface area contributed by atoms with Gasteiger partial charge in [0, 0.05) is 15.6 Å². The van der Waals surface area contributed by atoms with Crippen molar-refractivity contribution in [1.29, 1.82) is 0 Å². The van der Waals surface area contributed by atoms with Crippen LogP contribution in [0.5, 0.6) is 0 Å². The third kappa shape index (κ3) is 1.23. The summed E-state index contributed by atoms with van der Waals surface area (Å²) in [6.45, 7) is 4.16. The monoisotopic (exact) mass is 238 g/mol. The van der Waals surface area contributed by atoms with E-state index in [-0.39, 0.29) is 0 Å². The molecule has 1 aromatic heterocycles. The van der Waals surface area contributed by atoms with Gasteiger partial charge in [-0.25, -0.2) is 0 Å². The van der Waals surface area contributed by atoms with Crippen LogP contribution in [0, 0.1) is 13.8 Å². The molecule has 0 aliphatic carbocycles. The van der Waals surface area contributed by atoms with E-state index in [0.29, 0.717) is 0 Å². The molecule has 1 aromatic carbocycles. The number of nitrogens with one attached hydrogen (secondary N) is 1. The van der Waals surface area contributed by atoms with Crippen LogP contribution in [0.15, 0.2) is 16.6 Å². The number of nitrogens with two attached hydrogens (primary N) is 1. The number of halogens is 1. The van der Waals surface area contributed by atoms with Crippen molar-refractivity contribution in [2.24, 2.45) is 0 Å². The molecule has 0 fully saturated rings. The summed E-state index contributed by atoms with van der Waals surface area (Å²) in [7, 11) is 0. The molecule has 2 nitrogen and oxygen atoms in total. The number of anilines is 1. The van der Waals surface area contributed by atoms with E-state index in [1.165, 1.54) is 16.6 Å². The van der Waals surface area contributed by atoms with Crippen LogP contribution in [0.1, 0.15) is 11.3 Å². The number of benzene rings is 1. The molecular formula is C10H11BrN2. The maximum absolute atomic E-state index is 5.88. The molecule has 3 N–H and O–H groups in total. The summed E-state index contributed by atoms with van der Waals surface area (Å²) in [6, 6.07) is 4.00. The fraction of sp³-hybridized carbons (Fsp3) is 0.200. The van der Waals surface area contributed by atoms with E-state index in [0.717, 1.165) is 15.7 Å². The highest BCUT2D eigenvalue weighted by atomic mass is 79.9. The van der Waals surface area contributed by atoms with Crippen LogP contribution in [0.2, 0.25) is 0 Å². The van der Waals surface area contributed by atoms with E-state index in [1.54, 1.807) is 0 Å². The molecule has 0 amide bonds. The van der Waals surface area contributed by atoms with Crippen LogP contribution >= 0.6 is 15.9 Å². The molecule has 13 heavy (non-hydrogen) atoms. The Morgan fingerprint density at radius 1 is 1.31 bits per heavy atom. The normalized spacial score (nSPS) is 11.0. The number of aromatic amines is 1. The quantitative estimate of drug-likeness (QED) is 0.681. The van der Waals surface area contributed by atoms with Gasteiger partial charge in [0.05, 0.1) is 11.2 Å². The Morgan fingerprint density at radius 3 is 2.69 bits per heavy atom. The molecule has 0 aliphatic heterocycles. The molecule has 0 saturated carbocycles. The zero-order valence-electron chi connectivity index (χ0n) is 7.61. The minimum Gasteiger partial charge on any atom is -0.397 e. The van der Waals surface area contributed by atoms with Gasteiger partial charge < -0.3 is 10.7 Å². The summed E-state index contributed by atoms with van der Waals surface area (Å²) in [5, 5.41) is 1.20. The van der Waals surface area contributed by atoms with Crippen LogP contribution in [0.3, 0.4) is 0 Å². The first kappa shape index (κ1) is 8.63. The van der Waals surface area contributed by atoms with Crippen molar-refractivity contribution in [2.45, 2.75) is 13.8 Å². The van der Waals surface area contributed by atoms with E-state index in [4.69, 9.17) is 5.73 Å². The molecule has 0 aliphatic rings. The number of hydrogen-bond donors (Lipinski definition) is 2. The third-order valence-corrected chi connectivity index (χ3v) is 2.87. The van der Waals surface area contributed by atoms with Gasteiger partial charge in [-0.2, -0.15) is 0 Å². The van der Waals surface area contributed by atoms with Gasteiger partial charge >= 0.3 is 0 Å².